The van der Waals surface area contributed by atoms with Crippen molar-refractivity contribution in [3.63, 3.8) is 0 Å². The smallest absolute Gasteiger partial charge is 0.220 e. The maximum Gasteiger partial charge on any atom is 0.220 e. The summed E-state index contributed by atoms with van der Waals surface area (Å²) in [5.74, 6) is 0.176. The second kappa shape index (κ2) is 6.90. The molecule has 0 aromatic carbocycles. The maximum absolute atomic E-state index is 11.8. The number of rotatable bonds is 5. The van der Waals surface area contributed by atoms with Crippen molar-refractivity contribution in [3.8, 4) is 0 Å². The fourth-order valence-corrected chi connectivity index (χ4v) is 3.17. The van der Waals surface area contributed by atoms with Gasteiger partial charge in [0.1, 0.15) is 0 Å². The van der Waals surface area contributed by atoms with Crippen LogP contribution in [-0.2, 0) is 11.3 Å². The highest BCUT2D eigenvalue weighted by molar-refractivity contribution is 7.10. The minimum absolute atomic E-state index is 0.176. The molecule has 0 spiro atoms. The molecule has 4 heteroatoms. The lowest BCUT2D eigenvalue weighted by Crippen LogP contribution is -2.35. The van der Waals surface area contributed by atoms with Gasteiger partial charge in [0.25, 0.3) is 0 Å². The lowest BCUT2D eigenvalue weighted by atomic mass is 10.0. The molecule has 1 saturated heterocycles. The monoisotopic (exact) mass is 266 g/mol. The number of aryl methyl sites for hydroxylation is 1. The van der Waals surface area contributed by atoms with Crippen LogP contribution >= 0.6 is 11.3 Å². The van der Waals surface area contributed by atoms with Gasteiger partial charge in [0.15, 0.2) is 0 Å². The summed E-state index contributed by atoms with van der Waals surface area (Å²) in [7, 11) is 0. The van der Waals surface area contributed by atoms with E-state index in [4.69, 9.17) is 0 Å². The predicted molar refractivity (Wildman–Crippen MR) is 75.8 cm³/mol. The number of piperidine rings is 1. The summed E-state index contributed by atoms with van der Waals surface area (Å²) in [5, 5.41) is 8.56. The van der Waals surface area contributed by atoms with Gasteiger partial charge in [0.2, 0.25) is 5.91 Å². The number of carbonyl (C=O) groups is 1. The second-order valence-electron chi connectivity index (χ2n) is 4.99. The zero-order valence-electron chi connectivity index (χ0n) is 11.0. The number of hydrogen-bond acceptors (Lipinski definition) is 3. The van der Waals surface area contributed by atoms with Crippen molar-refractivity contribution in [2.75, 3.05) is 6.54 Å². The van der Waals surface area contributed by atoms with Crippen molar-refractivity contribution in [1.82, 2.24) is 10.6 Å². The molecule has 3 nitrogen and oxygen atoms in total. The first-order valence-corrected chi connectivity index (χ1v) is 7.66. The van der Waals surface area contributed by atoms with Crippen LogP contribution in [0.4, 0.5) is 0 Å². The second-order valence-corrected chi connectivity index (χ2v) is 5.99. The summed E-state index contributed by atoms with van der Waals surface area (Å²) < 4.78 is 0. The first-order chi connectivity index (χ1) is 8.75. The number of carbonyl (C=O) groups excluding carboxylic acids is 1. The Labute approximate surface area is 113 Å². The standard InChI is InChI=1S/C14H22N2OS/c1-11-7-9-18-13(11)10-16-14(17)6-5-12-4-2-3-8-15-12/h7,9,12,15H,2-6,8,10H2,1H3,(H,16,17). The van der Waals surface area contributed by atoms with Crippen molar-refractivity contribution in [2.24, 2.45) is 0 Å². The van der Waals surface area contributed by atoms with E-state index in [-0.39, 0.29) is 5.91 Å². The van der Waals surface area contributed by atoms with Gasteiger partial charge < -0.3 is 10.6 Å². The molecule has 1 aromatic heterocycles. The normalized spacial score (nSPS) is 19.7. The molecule has 0 aliphatic carbocycles. The molecule has 1 aliphatic rings. The highest BCUT2D eigenvalue weighted by atomic mass is 32.1. The molecule has 2 N–H and O–H groups in total. The molecule has 1 aliphatic heterocycles. The molecular formula is C14H22N2OS. The molecule has 2 rings (SSSR count). The Morgan fingerprint density at radius 1 is 1.56 bits per heavy atom. The van der Waals surface area contributed by atoms with Crippen molar-refractivity contribution in [3.05, 3.63) is 21.9 Å². The summed E-state index contributed by atoms with van der Waals surface area (Å²) in [6, 6.07) is 2.64. The van der Waals surface area contributed by atoms with Crippen molar-refractivity contribution in [2.45, 2.75) is 51.6 Å². The van der Waals surface area contributed by atoms with E-state index in [0.29, 0.717) is 19.0 Å². The molecule has 0 bridgehead atoms. The third-order valence-electron chi connectivity index (χ3n) is 3.55. The van der Waals surface area contributed by atoms with Gasteiger partial charge >= 0.3 is 0 Å². The predicted octanol–water partition coefficient (Wildman–Crippen LogP) is 2.60. The topological polar surface area (TPSA) is 41.1 Å². The lowest BCUT2D eigenvalue weighted by Gasteiger charge is -2.23. The van der Waals surface area contributed by atoms with Crippen LogP contribution in [0.15, 0.2) is 11.4 Å². The Morgan fingerprint density at radius 2 is 2.44 bits per heavy atom. The zero-order valence-corrected chi connectivity index (χ0v) is 11.8. The van der Waals surface area contributed by atoms with Crippen LogP contribution in [0.3, 0.4) is 0 Å². The van der Waals surface area contributed by atoms with Gasteiger partial charge in [-0.05, 0) is 49.7 Å². The van der Waals surface area contributed by atoms with Gasteiger partial charge in [-0.25, -0.2) is 0 Å². The van der Waals surface area contributed by atoms with Gasteiger partial charge in [-0.2, -0.15) is 0 Å². The van der Waals surface area contributed by atoms with E-state index in [1.54, 1.807) is 11.3 Å². The molecule has 18 heavy (non-hydrogen) atoms. The molecular weight excluding hydrogens is 244 g/mol. The maximum atomic E-state index is 11.8. The van der Waals surface area contributed by atoms with Gasteiger partial charge in [-0.15, -0.1) is 11.3 Å². The Morgan fingerprint density at radius 3 is 3.11 bits per heavy atom. The first-order valence-electron chi connectivity index (χ1n) is 6.79. The van der Waals surface area contributed by atoms with E-state index in [2.05, 4.69) is 29.0 Å². The summed E-state index contributed by atoms with van der Waals surface area (Å²) in [5.41, 5.74) is 1.27. The molecule has 1 amide bonds. The Balaban J connectivity index is 1.64. The van der Waals surface area contributed by atoms with Gasteiger partial charge in [-0.3, -0.25) is 4.79 Å². The van der Waals surface area contributed by atoms with Crippen LogP contribution in [0.1, 0.15) is 42.5 Å². The minimum atomic E-state index is 0.176. The van der Waals surface area contributed by atoms with Crippen LogP contribution in [-0.4, -0.2) is 18.5 Å². The Kier molecular flexibility index (Phi) is 5.20. The Hall–Kier alpha value is -0.870. The van der Waals surface area contributed by atoms with Crippen molar-refractivity contribution >= 4 is 17.2 Å². The summed E-state index contributed by atoms with van der Waals surface area (Å²) in [6.07, 6.45) is 5.41. The van der Waals surface area contributed by atoms with Crippen LogP contribution in [0.2, 0.25) is 0 Å². The summed E-state index contributed by atoms with van der Waals surface area (Å²) in [6.45, 7) is 3.88. The molecule has 1 unspecified atom stereocenters. The first kappa shape index (κ1) is 13.6. The van der Waals surface area contributed by atoms with Gasteiger partial charge in [0.05, 0.1) is 6.54 Å². The van der Waals surface area contributed by atoms with Gasteiger partial charge in [-0.1, -0.05) is 6.42 Å². The van der Waals surface area contributed by atoms with Crippen LogP contribution in [0, 0.1) is 6.92 Å². The fraction of sp³-hybridized carbons (Fsp3) is 0.643. The number of hydrogen-bond donors (Lipinski definition) is 2. The molecule has 1 fully saturated rings. The molecule has 2 heterocycles. The van der Waals surface area contributed by atoms with Crippen LogP contribution in [0.25, 0.3) is 0 Å². The van der Waals surface area contributed by atoms with E-state index in [1.807, 2.05) is 0 Å². The molecule has 0 saturated carbocycles. The summed E-state index contributed by atoms with van der Waals surface area (Å²) in [4.78, 5) is 13.0. The highest BCUT2D eigenvalue weighted by Gasteiger charge is 2.13. The van der Waals surface area contributed by atoms with Gasteiger partial charge in [0, 0.05) is 17.3 Å². The average molecular weight is 266 g/mol. The van der Waals surface area contributed by atoms with E-state index < -0.39 is 0 Å². The molecule has 1 atom stereocenters. The highest BCUT2D eigenvalue weighted by Crippen LogP contribution is 2.15. The largest absolute Gasteiger partial charge is 0.351 e. The third kappa shape index (κ3) is 4.10. The van der Waals surface area contributed by atoms with E-state index in [9.17, 15) is 4.79 Å². The lowest BCUT2D eigenvalue weighted by molar-refractivity contribution is -0.121. The number of amides is 1. The Bertz CT molecular complexity index is 383. The van der Waals surface area contributed by atoms with Crippen molar-refractivity contribution in [1.29, 1.82) is 0 Å². The van der Waals surface area contributed by atoms with Crippen LogP contribution in [0.5, 0.6) is 0 Å². The number of thiophene rings is 1. The number of nitrogens with one attached hydrogen (secondary N) is 2. The SMILES string of the molecule is Cc1ccsc1CNC(=O)CCC1CCCCN1. The van der Waals surface area contributed by atoms with Crippen LogP contribution < -0.4 is 10.6 Å². The minimum Gasteiger partial charge on any atom is -0.351 e. The fourth-order valence-electron chi connectivity index (χ4n) is 2.33. The average Bonchev–Trinajstić information content (AvgIpc) is 2.81. The molecule has 100 valence electrons. The zero-order chi connectivity index (χ0) is 12.8. The molecule has 1 aromatic rings. The third-order valence-corrected chi connectivity index (χ3v) is 4.57. The molecule has 0 radical (unpaired) electrons. The quantitative estimate of drug-likeness (QED) is 0.860. The van der Waals surface area contributed by atoms with Crippen molar-refractivity contribution < 1.29 is 4.79 Å². The van der Waals surface area contributed by atoms with E-state index in [1.165, 1.54) is 29.7 Å². The summed E-state index contributed by atoms with van der Waals surface area (Å²) >= 11 is 1.71. The van der Waals surface area contributed by atoms with E-state index in [0.717, 1.165) is 13.0 Å². The van der Waals surface area contributed by atoms with E-state index >= 15 is 0 Å².